The zero-order chi connectivity index (χ0) is 23.9. The summed E-state index contributed by atoms with van der Waals surface area (Å²) in [6, 6.07) is 23.6. The Labute approximate surface area is 215 Å². The average Bonchev–Trinajstić information content (AvgIpc) is 3.55. The Bertz CT molecular complexity index is 1550. The number of hydrogen-bond donors (Lipinski definition) is 0. The van der Waals surface area contributed by atoms with Crippen molar-refractivity contribution in [3.05, 3.63) is 111 Å². The van der Waals surface area contributed by atoms with Crippen LogP contribution in [0.5, 0.6) is 0 Å². The molecule has 0 N–H and O–H groups in total. The van der Waals surface area contributed by atoms with Gasteiger partial charge in [0, 0.05) is 33.0 Å². The van der Waals surface area contributed by atoms with E-state index in [2.05, 4.69) is 0 Å². The number of aromatic nitrogens is 2. The molecule has 0 amide bonds. The molecule has 0 saturated carbocycles. The van der Waals surface area contributed by atoms with E-state index in [0.717, 1.165) is 32.7 Å². The number of anilines is 1. The molecule has 0 saturated heterocycles. The number of hydrazone groups is 1. The molecule has 1 aliphatic heterocycles. The second-order valence-corrected chi connectivity index (χ2v) is 9.91. The summed E-state index contributed by atoms with van der Waals surface area (Å²) in [7, 11) is 0. The highest BCUT2D eigenvalue weighted by atomic mass is 35.5. The van der Waals surface area contributed by atoms with Crippen molar-refractivity contribution in [1.82, 2.24) is 9.97 Å². The van der Waals surface area contributed by atoms with Crippen LogP contribution in [0, 0.1) is 5.82 Å². The van der Waals surface area contributed by atoms with Crippen molar-refractivity contribution in [3.63, 3.8) is 0 Å². The number of rotatable bonds is 4. The van der Waals surface area contributed by atoms with E-state index >= 15 is 4.39 Å². The normalized spacial score (nSPS) is 15.6. The first-order chi connectivity index (χ1) is 17.1. The fraction of sp³-hybridized carbons (Fsp3) is 0.0741. The third-order valence-electron chi connectivity index (χ3n) is 5.95. The molecule has 172 valence electrons. The topological polar surface area (TPSA) is 41.4 Å². The van der Waals surface area contributed by atoms with Crippen molar-refractivity contribution >= 4 is 57.1 Å². The molecule has 1 aliphatic rings. The SMILES string of the molecule is Fc1cccc(Cl)c1C1CC(c2cccs2)=NN1c1nc(-c2ccccc2)c2cc(Cl)ccc2n1. The van der Waals surface area contributed by atoms with E-state index in [1.165, 1.54) is 6.07 Å². The van der Waals surface area contributed by atoms with Gasteiger partial charge in [-0.3, -0.25) is 0 Å². The molecule has 35 heavy (non-hydrogen) atoms. The predicted molar refractivity (Wildman–Crippen MR) is 142 cm³/mol. The van der Waals surface area contributed by atoms with Crippen LogP contribution in [0.3, 0.4) is 0 Å². The summed E-state index contributed by atoms with van der Waals surface area (Å²) in [6.07, 6.45) is 0.476. The lowest BCUT2D eigenvalue weighted by molar-refractivity contribution is 0.576. The van der Waals surface area contributed by atoms with Crippen molar-refractivity contribution in [1.29, 1.82) is 0 Å². The van der Waals surface area contributed by atoms with Gasteiger partial charge >= 0.3 is 0 Å². The summed E-state index contributed by atoms with van der Waals surface area (Å²) >= 11 is 14.4. The van der Waals surface area contributed by atoms with Crippen molar-refractivity contribution in [3.8, 4) is 11.3 Å². The molecule has 6 rings (SSSR count). The summed E-state index contributed by atoms with van der Waals surface area (Å²) in [5.41, 5.74) is 3.59. The minimum absolute atomic E-state index is 0.346. The van der Waals surface area contributed by atoms with Gasteiger partial charge in [-0.1, -0.05) is 65.7 Å². The Kier molecular flexibility index (Phi) is 5.72. The standard InChI is InChI=1S/C27H17Cl2FN4S/c28-17-11-12-21-18(14-17)26(16-6-2-1-3-7-16)32-27(31-21)34-23(25-19(29)8-4-9-20(25)30)15-22(33-34)24-10-5-13-35-24/h1-14,23H,15H2. The molecule has 5 aromatic rings. The maximum absolute atomic E-state index is 15.1. The minimum Gasteiger partial charge on any atom is -0.223 e. The van der Waals surface area contributed by atoms with Gasteiger partial charge in [-0.25, -0.2) is 19.4 Å². The summed E-state index contributed by atoms with van der Waals surface area (Å²) in [6.45, 7) is 0. The first-order valence-electron chi connectivity index (χ1n) is 11.0. The van der Waals surface area contributed by atoms with Crippen LogP contribution in [0.4, 0.5) is 10.3 Å². The van der Waals surface area contributed by atoms with Gasteiger partial charge in [0.05, 0.1) is 27.8 Å². The minimum atomic E-state index is -0.492. The van der Waals surface area contributed by atoms with E-state index in [9.17, 15) is 0 Å². The quantitative estimate of drug-likeness (QED) is 0.241. The summed E-state index contributed by atoms with van der Waals surface area (Å²) in [5, 5.41) is 10.3. The summed E-state index contributed by atoms with van der Waals surface area (Å²) in [4.78, 5) is 10.8. The molecule has 8 heteroatoms. The number of fused-ring (bicyclic) bond motifs is 1. The number of hydrogen-bond acceptors (Lipinski definition) is 5. The van der Waals surface area contributed by atoms with E-state index in [4.69, 9.17) is 38.3 Å². The molecule has 3 aromatic carbocycles. The zero-order valence-corrected chi connectivity index (χ0v) is 20.5. The molecule has 3 heterocycles. The highest BCUT2D eigenvalue weighted by Crippen LogP contribution is 2.41. The Balaban J connectivity index is 1.57. The van der Waals surface area contributed by atoms with Gasteiger partial charge in [-0.15, -0.1) is 11.3 Å². The average molecular weight is 519 g/mol. The maximum Gasteiger partial charge on any atom is 0.247 e. The summed E-state index contributed by atoms with van der Waals surface area (Å²) in [5.74, 6) is -0.0134. The number of halogens is 3. The lowest BCUT2D eigenvalue weighted by Crippen LogP contribution is -2.22. The molecular weight excluding hydrogens is 502 g/mol. The first-order valence-corrected chi connectivity index (χ1v) is 12.6. The van der Waals surface area contributed by atoms with Gasteiger partial charge in [0.1, 0.15) is 5.82 Å². The lowest BCUT2D eigenvalue weighted by atomic mass is 10.0. The fourth-order valence-corrected chi connectivity index (χ4v) is 5.53. The van der Waals surface area contributed by atoms with Gasteiger partial charge < -0.3 is 0 Å². The van der Waals surface area contributed by atoms with Gasteiger partial charge in [0.15, 0.2) is 0 Å². The van der Waals surface area contributed by atoms with Crippen LogP contribution in [0.2, 0.25) is 10.0 Å². The molecule has 0 radical (unpaired) electrons. The van der Waals surface area contributed by atoms with Crippen LogP contribution in [0.1, 0.15) is 22.9 Å². The molecule has 2 aromatic heterocycles. The van der Waals surface area contributed by atoms with Crippen molar-refractivity contribution in [2.24, 2.45) is 5.10 Å². The van der Waals surface area contributed by atoms with Gasteiger partial charge in [-0.05, 0) is 41.8 Å². The molecule has 1 unspecified atom stereocenters. The van der Waals surface area contributed by atoms with E-state index in [1.54, 1.807) is 34.5 Å². The maximum atomic E-state index is 15.1. The third-order valence-corrected chi connectivity index (χ3v) is 7.43. The fourth-order valence-electron chi connectivity index (χ4n) is 4.35. The number of thiophene rings is 1. The Hall–Kier alpha value is -3.32. The highest BCUT2D eigenvalue weighted by molar-refractivity contribution is 7.12. The Morgan fingerprint density at radius 3 is 2.54 bits per heavy atom. The number of nitrogens with zero attached hydrogens (tertiary/aromatic N) is 4. The largest absolute Gasteiger partial charge is 0.247 e. The Morgan fingerprint density at radius 1 is 0.914 bits per heavy atom. The molecule has 1 atom stereocenters. The molecule has 4 nitrogen and oxygen atoms in total. The number of benzene rings is 3. The Morgan fingerprint density at radius 2 is 1.77 bits per heavy atom. The molecular formula is C27H17Cl2FN4S. The third kappa shape index (κ3) is 4.08. The van der Waals surface area contributed by atoms with Crippen LogP contribution < -0.4 is 5.01 Å². The van der Waals surface area contributed by atoms with Gasteiger partial charge in [-0.2, -0.15) is 5.10 Å². The molecule has 0 fully saturated rings. The molecule has 0 bridgehead atoms. The smallest absolute Gasteiger partial charge is 0.223 e. The van der Waals surface area contributed by atoms with Crippen molar-refractivity contribution < 1.29 is 4.39 Å². The second kappa shape index (κ2) is 9.04. The molecule has 0 aliphatic carbocycles. The van der Waals surface area contributed by atoms with Gasteiger partial charge in [0.25, 0.3) is 0 Å². The van der Waals surface area contributed by atoms with Crippen LogP contribution in [0.25, 0.3) is 22.2 Å². The molecule has 0 spiro atoms. The van der Waals surface area contributed by atoms with Crippen LogP contribution in [-0.2, 0) is 0 Å². The van der Waals surface area contributed by atoms with Gasteiger partial charge in [0.2, 0.25) is 5.95 Å². The monoisotopic (exact) mass is 518 g/mol. The van der Waals surface area contributed by atoms with Crippen LogP contribution in [-0.4, -0.2) is 15.7 Å². The van der Waals surface area contributed by atoms with E-state index in [1.807, 2.05) is 60.0 Å². The van der Waals surface area contributed by atoms with E-state index < -0.39 is 6.04 Å². The second-order valence-electron chi connectivity index (χ2n) is 8.12. The van der Waals surface area contributed by atoms with Crippen molar-refractivity contribution in [2.45, 2.75) is 12.5 Å². The van der Waals surface area contributed by atoms with Crippen LogP contribution in [0.15, 0.2) is 89.3 Å². The van der Waals surface area contributed by atoms with E-state index in [0.29, 0.717) is 28.0 Å². The zero-order valence-electron chi connectivity index (χ0n) is 18.2. The lowest BCUT2D eigenvalue weighted by Gasteiger charge is -2.24. The predicted octanol–water partition coefficient (Wildman–Crippen LogP) is 8.16. The van der Waals surface area contributed by atoms with Crippen molar-refractivity contribution in [2.75, 3.05) is 5.01 Å². The van der Waals surface area contributed by atoms with Crippen LogP contribution >= 0.6 is 34.5 Å². The first kappa shape index (κ1) is 22.2. The van der Waals surface area contributed by atoms with E-state index in [-0.39, 0.29) is 5.82 Å². The highest BCUT2D eigenvalue weighted by Gasteiger charge is 2.35. The summed E-state index contributed by atoms with van der Waals surface area (Å²) < 4.78 is 15.1.